The third-order valence-electron chi connectivity index (χ3n) is 9.29. The maximum Gasteiger partial charge on any atom is 0.164 e. The van der Waals surface area contributed by atoms with Crippen LogP contribution >= 0.6 is 0 Å². The Labute approximate surface area is 251 Å². The second kappa shape index (κ2) is 11.2. The van der Waals surface area contributed by atoms with E-state index in [4.69, 9.17) is 15.5 Å². The molecule has 0 unspecified atom stereocenters. The molecule has 1 saturated heterocycles. The van der Waals surface area contributed by atoms with E-state index in [9.17, 15) is 15.5 Å². The van der Waals surface area contributed by atoms with Gasteiger partial charge in [0.25, 0.3) is 0 Å². The number of hydrogen-bond donors (Lipinski definition) is 4. The number of ether oxygens (including phenoxy) is 1. The molecule has 0 bridgehead atoms. The van der Waals surface area contributed by atoms with Crippen molar-refractivity contribution in [3.05, 3.63) is 47.7 Å². The molecule has 11 heteroatoms. The van der Waals surface area contributed by atoms with Gasteiger partial charge in [0.1, 0.15) is 48.0 Å². The number of benzene rings is 1. The van der Waals surface area contributed by atoms with Crippen LogP contribution < -0.4 is 5.73 Å². The normalized spacial score (nSPS) is 26.0. The minimum Gasteiger partial charge on any atom is -0.387 e. The van der Waals surface area contributed by atoms with Crippen LogP contribution in [0, 0.1) is 17.2 Å². The fourth-order valence-electron chi connectivity index (χ4n) is 6.68. The summed E-state index contributed by atoms with van der Waals surface area (Å²) >= 11 is 0. The van der Waals surface area contributed by atoms with Crippen LogP contribution in [0.4, 0.5) is 5.82 Å². The molecule has 0 amide bonds. The zero-order valence-electron chi connectivity index (χ0n) is 25.5. The molecule has 5 N–H and O–H groups in total. The van der Waals surface area contributed by atoms with Crippen molar-refractivity contribution in [3.8, 4) is 6.07 Å². The van der Waals surface area contributed by atoms with E-state index >= 15 is 0 Å². The Morgan fingerprint density at radius 2 is 1.98 bits per heavy atom. The third-order valence-corrected chi connectivity index (χ3v) is 9.29. The van der Waals surface area contributed by atoms with E-state index in [1.54, 1.807) is 10.8 Å². The first-order valence-corrected chi connectivity index (χ1v) is 15.2. The molecule has 2 aliphatic rings. The van der Waals surface area contributed by atoms with Crippen molar-refractivity contribution in [2.24, 2.45) is 5.92 Å². The highest BCUT2D eigenvalue weighted by Crippen LogP contribution is 2.39. The second-order valence-electron chi connectivity index (χ2n) is 13.6. The standard InChI is InChI=1S/C32H42N8O3/c1-17(2)39(21-10-18(11-21)6-9-25-37-22-8-7-20(32(3,4)5)12-23(22)38-25)15-24-27(41)28(42)31(43-24)40-14-19(13-33)26-29(34)35-16-36-30(26)40/h7-8,12,14,16-18,21,24,27-28,31,41-42H,6,9-11,15H2,1-5H3,(H,37,38)(H2,34,35,36)/t18-,21-,24-,27-,28-,31-/m1/s1. The van der Waals surface area contributed by atoms with Crippen LogP contribution in [0.15, 0.2) is 30.7 Å². The van der Waals surface area contributed by atoms with E-state index in [1.807, 2.05) is 0 Å². The first-order valence-electron chi connectivity index (χ1n) is 15.2. The Morgan fingerprint density at radius 3 is 2.67 bits per heavy atom. The molecule has 4 heterocycles. The average molecular weight is 587 g/mol. The maximum absolute atomic E-state index is 11.0. The number of nitrogen functional groups attached to an aromatic ring is 1. The fourth-order valence-corrected chi connectivity index (χ4v) is 6.68. The molecule has 0 radical (unpaired) electrons. The van der Waals surface area contributed by atoms with Crippen molar-refractivity contribution >= 4 is 27.9 Å². The van der Waals surface area contributed by atoms with E-state index in [0.29, 0.717) is 35.1 Å². The topological polar surface area (TPSA) is 162 Å². The highest BCUT2D eigenvalue weighted by atomic mass is 16.6. The molecule has 4 atom stereocenters. The summed E-state index contributed by atoms with van der Waals surface area (Å²) in [6, 6.07) is 9.26. The highest BCUT2D eigenvalue weighted by Gasteiger charge is 2.46. The van der Waals surface area contributed by atoms with Crippen LogP contribution in [-0.2, 0) is 16.6 Å². The van der Waals surface area contributed by atoms with Gasteiger partial charge in [-0.3, -0.25) is 4.90 Å². The van der Waals surface area contributed by atoms with Crippen LogP contribution in [-0.4, -0.2) is 76.6 Å². The lowest BCUT2D eigenvalue weighted by Gasteiger charge is -2.46. The molecule has 228 valence electrons. The van der Waals surface area contributed by atoms with Crippen LogP contribution in [0.25, 0.3) is 22.1 Å². The van der Waals surface area contributed by atoms with E-state index in [0.717, 1.165) is 42.5 Å². The number of anilines is 1. The fraction of sp³-hybridized carbons (Fsp3) is 0.562. The Kier molecular flexibility index (Phi) is 7.67. The molecule has 1 saturated carbocycles. The summed E-state index contributed by atoms with van der Waals surface area (Å²) in [6.07, 6.45) is 3.24. The first kappa shape index (κ1) is 29.5. The zero-order valence-corrected chi connectivity index (χ0v) is 25.5. The van der Waals surface area contributed by atoms with E-state index in [1.165, 1.54) is 11.9 Å². The molecular weight excluding hydrogens is 544 g/mol. The number of aliphatic hydroxyl groups is 2. The van der Waals surface area contributed by atoms with Gasteiger partial charge >= 0.3 is 0 Å². The monoisotopic (exact) mass is 586 g/mol. The number of H-pyrrole nitrogens is 1. The van der Waals surface area contributed by atoms with Gasteiger partial charge in [0, 0.05) is 31.2 Å². The van der Waals surface area contributed by atoms with Gasteiger partial charge in [0.15, 0.2) is 6.23 Å². The van der Waals surface area contributed by atoms with Crippen LogP contribution in [0.2, 0.25) is 0 Å². The quantitative estimate of drug-likeness (QED) is 0.241. The van der Waals surface area contributed by atoms with Crippen LogP contribution in [0.3, 0.4) is 0 Å². The van der Waals surface area contributed by atoms with Gasteiger partial charge < -0.3 is 30.2 Å². The summed E-state index contributed by atoms with van der Waals surface area (Å²) in [7, 11) is 0. The Morgan fingerprint density at radius 1 is 1.21 bits per heavy atom. The molecule has 2 fully saturated rings. The largest absolute Gasteiger partial charge is 0.387 e. The van der Waals surface area contributed by atoms with Crippen molar-refractivity contribution in [1.29, 1.82) is 5.26 Å². The van der Waals surface area contributed by atoms with Crippen LogP contribution in [0.1, 0.15) is 77.1 Å². The van der Waals surface area contributed by atoms with Crippen molar-refractivity contribution in [2.75, 3.05) is 12.3 Å². The predicted octanol–water partition coefficient (Wildman–Crippen LogP) is 3.80. The van der Waals surface area contributed by atoms with Gasteiger partial charge in [0.2, 0.25) is 0 Å². The molecule has 11 nitrogen and oxygen atoms in total. The Bertz CT molecular complexity index is 1660. The van der Waals surface area contributed by atoms with E-state index in [2.05, 4.69) is 78.7 Å². The molecule has 1 aromatic carbocycles. The van der Waals surface area contributed by atoms with Gasteiger partial charge in [-0.15, -0.1) is 0 Å². The number of aryl methyl sites for hydroxylation is 1. The number of nitriles is 1. The second-order valence-corrected chi connectivity index (χ2v) is 13.6. The average Bonchev–Trinajstić information content (AvgIpc) is 3.60. The summed E-state index contributed by atoms with van der Waals surface area (Å²) < 4.78 is 7.85. The van der Waals surface area contributed by atoms with Crippen molar-refractivity contribution in [1.82, 2.24) is 29.4 Å². The number of nitrogens with two attached hydrogens (primary N) is 1. The first-order chi connectivity index (χ1) is 20.4. The molecule has 43 heavy (non-hydrogen) atoms. The zero-order chi connectivity index (χ0) is 30.6. The van der Waals surface area contributed by atoms with Gasteiger partial charge in [-0.1, -0.05) is 26.8 Å². The van der Waals surface area contributed by atoms with Crippen molar-refractivity contribution in [2.45, 2.75) is 102 Å². The highest BCUT2D eigenvalue weighted by molar-refractivity contribution is 5.92. The maximum atomic E-state index is 11.0. The van der Waals surface area contributed by atoms with Crippen LogP contribution in [0.5, 0.6) is 0 Å². The summed E-state index contributed by atoms with van der Waals surface area (Å²) in [4.78, 5) is 19.0. The number of aliphatic hydroxyl groups excluding tert-OH is 2. The number of imidazole rings is 1. The van der Waals surface area contributed by atoms with Crippen molar-refractivity contribution < 1.29 is 14.9 Å². The molecule has 1 aliphatic carbocycles. The molecular formula is C32H42N8O3. The number of aromatic amines is 1. The lowest BCUT2D eigenvalue weighted by Crippen LogP contribution is -2.52. The molecule has 4 aromatic rings. The third kappa shape index (κ3) is 5.49. The van der Waals surface area contributed by atoms with Gasteiger partial charge in [-0.05, 0) is 62.1 Å². The predicted molar refractivity (Wildman–Crippen MR) is 164 cm³/mol. The summed E-state index contributed by atoms with van der Waals surface area (Å²) in [5.74, 6) is 1.83. The van der Waals surface area contributed by atoms with E-state index in [-0.39, 0.29) is 17.3 Å². The number of aromatic nitrogens is 5. The van der Waals surface area contributed by atoms with Gasteiger partial charge in [-0.2, -0.15) is 5.26 Å². The molecule has 0 spiro atoms. The molecule has 3 aromatic heterocycles. The lowest BCUT2D eigenvalue weighted by molar-refractivity contribution is -0.0618. The van der Waals surface area contributed by atoms with Gasteiger partial charge in [-0.25, -0.2) is 15.0 Å². The summed E-state index contributed by atoms with van der Waals surface area (Å²) in [6.45, 7) is 11.5. The smallest absolute Gasteiger partial charge is 0.164 e. The number of rotatable bonds is 8. The number of hydrogen-bond acceptors (Lipinski definition) is 9. The number of fused-ring (bicyclic) bond motifs is 2. The van der Waals surface area contributed by atoms with E-state index < -0.39 is 24.5 Å². The summed E-state index contributed by atoms with van der Waals surface area (Å²) in [5.41, 5.74) is 10.2. The Balaban J connectivity index is 1.08. The number of nitrogens with one attached hydrogen (secondary N) is 1. The Hall–Kier alpha value is -3.56. The minimum absolute atomic E-state index is 0.0934. The number of nitrogens with zero attached hydrogens (tertiary/aromatic N) is 6. The minimum atomic E-state index is -1.19. The van der Waals surface area contributed by atoms with Gasteiger partial charge in [0.05, 0.1) is 22.0 Å². The molecule has 6 rings (SSSR count). The molecule has 1 aliphatic heterocycles. The lowest BCUT2D eigenvalue weighted by atomic mass is 9.76. The van der Waals surface area contributed by atoms with Crippen molar-refractivity contribution in [3.63, 3.8) is 0 Å². The summed E-state index contributed by atoms with van der Waals surface area (Å²) in [5, 5.41) is 32.1. The SMILES string of the molecule is CC(C)N(C[C@H]1O[C@@H](n2cc(C#N)c3c(N)ncnc32)[C@H](O)[C@@H]1O)[C@H]1C[C@H](CCc2nc3cc(C(C)(C)C)ccc3[nH]2)C1.